The second-order valence-electron chi connectivity index (χ2n) is 5.23. The Kier molecular flexibility index (Phi) is 6.48. The molecule has 0 saturated carbocycles. The second kappa shape index (κ2) is 8.80. The number of benzene rings is 1. The molecule has 0 aliphatic heterocycles. The molecular formula is C18H21NO7. The Balaban J connectivity index is 2.07. The predicted molar refractivity (Wildman–Crippen MR) is 91.5 cm³/mol. The SMILES string of the molecule is COc1ccc(C(=O)O[C@@H](C)C(=O)NCc2ccco2)c(OC)c1OC. The lowest BCUT2D eigenvalue weighted by molar-refractivity contribution is -0.129. The second-order valence-corrected chi connectivity index (χ2v) is 5.23. The first-order valence-corrected chi connectivity index (χ1v) is 7.81. The van der Waals surface area contributed by atoms with Crippen LogP contribution in [0.1, 0.15) is 23.0 Å². The Bertz CT molecular complexity index is 755. The molecule has 2 aromatic rings. The average Bonchev–Trinajstić information content (AvgIpc) is 3.17. The molecule has 0 unspecified atom stereocenters. The van der Waals surface area contributed by atoms with Crippen molar-refractivity contribution < 1.29 is 33.0 Å². The van der Waals surface area contributed by atoms with Gasteiger partial charge in [-0.2, -0.15) is 0 Å². The number of ether oxygens (including phenoxy) is 4. The fraction of sp³-hybridized carbons (Fsp3) is 0.333. The van der Waals surface area contributed by atoms with Gasteiger partial charge in [0.2, 0.25) is 5.75 Å². The first-order chi connectivity index (χ1) is 12.5. The summed E-state index contributed by atoms with van der Waals surface area (Å²) >= 11 is 0. The molecule has 0 saturated heterocycles. The Hall–Kier alpha value is -3.16. The molecule has 1 N–H and O–H groups in total. The van der Waals surface area contributed by atoms with E-state index in [2.05, 4.69) is 5.32 Å². The fourth-order valence-electron chi connectivity index (χ4n) is 2.27. The van der Waals surface area contributed by atoms with E-state index < -0.39 is 18.0 Å². The van der Waals surface area contributed by atoms with Crippen LogP contribution in [0.4, 0.5) is 0 Å². The van der Waals surface area contributed by atoms with Crippen LogP contribution in [-0.4, -0.2) is 39.3 Å². The third-order valence-electron chi connectivity index (χ3n) is 3.59. The zero-order chi connectivity index (χ0) is 19.1. The summed E-state index contributed by atoms with van der Waals surface area (Å²) in [5.41, 5.74) is 0.121. The van der Waals surface area contributed by atoms with Crippen LogP contribution in [0.3, 0.4) is 0 Å². The molecule has 0 bridgehead atoms. The van der Waals surface area contributed by atoms with Gasteiger partial charge in [0.05, 0.1) is 34.1 Å². The van der Waals surface area contributed by atoms with Crippen LogP contribution in [-0.2, 0) is 16.1 Å². The van der Waals surface area contributed by atoms with E-state index in [0.717, 1.165) is 0 Å². The van der Waals surface area contributed by atoms with E-state index in [1.54, 1.807) is 18.2 Å². The van der Waals surface area contributed by atoms with Gasteiger partial charge in [-0.05, 0) is 31.2 Å². The van der Waals surface area contributed by atoms with Gasteiger partial charge in [-0.3, -0.25) is 4.79 Å². The van der Waals surface area contributed by atoms with E-state index >= 15 is 0 Å². The standard InChI is InChI=1S/C18H21NO7/c1-11(17(20)19-10-12-6-5-9-25-12)26-18(21)13-7-8-14(22-2)16(24-4)15(13)23-3/h5-9,11H,10H2,1-4H3,(H,19,20)/t11-/m0/s1. The van der Waals surface area contributed by atoms with Crippen molar-refractivity contribution in [3.63, 3.8) is 0 Å². The van der Waals surface area contributed by atoms with Gasteiger partial charge in [-0.1, -0.05) is 0 Å². The van der Waals surface area contributed by atoms with Crippen LogP contribution in [0.2, 0.25) is 0 Å². The molecule has 1 aromatic carbocycles. The number of methoxy groups -OCH3 is 3. The highest BCUT2D eigenvalue weighted by molar-refractivity contribution is 5.96. The molecule has 1 atom stereocenters. The van der Waals surface area contributed by atoms with Crippen LogP contribution >= 0.6 is 0 Å². The molecule has 0 fully saturated rings. The number of carbonyl (C=O) groups is 2. The summed E-state index contributed by atoms with van der Waals surface area (Å²) in [6, 6.07) is 6.48. The van der Waals surface area contributed by atoms with E-state index in [4.69, 9.17) is 23.4 Å². The third-order valence-corrected chi connectivity index (χ3v) is 3.59. The van der Waals surface area contributed by atoms with E-state index in [1.165, 1.54) is 40.6 Å². The molecule has 140 valence electrons. The number of furan rings is 1. The third kappa shape index (κ3) is 4.27. The number of hydrogen-bond donors (Lipinski definition) is 1. The molecule has 1 amide bonds. The van der Waals surface area contributed by atoms with Crippen LogP contribution in [0.25, 0.3) is 0 Å². The molecule has 26 heavy (non-hydrogen) atoms. The quantitative estimate of drug-likeness (QED) is 0.718. The highest BCUT2D eigenvalue weighted by atomic mass is 16.6. The molecular weight excluding hydrogens is 342 g/mol. The lowest BCUT2D eigenvalue weighted by Gasteiger charge is -2.17. The number of nitrogens with one attached hydrogen (secondary N) is 1. The van der Waals surface area contributed by atoms with Crippen LogP contribution < -0.4 is 19.5 Å². The zero-order valence-corrected chi connectivity index (χ0v) is 15.0. The van der Waals surface area contributed by atoms with Crippen molar-refractivity contribution in [1.82, 2.24) is 5.32 Å². The maximum absolute atomic E-state index is 12.4. The minimum Gasteiger partial charge on any atom is -0.493 e. The van der Waals surface area contributed by atoms with Gasteiger partial charge < -0.3 is 28.7 Å². The van der Waals surface area contributed by atoms with Crippen LogP contribution in [0.5, 0.6) is 17.2 Å². The van der Waals surface area contributed by atoms with Crippen molar-refractivity contribution in [2.24, 2.45) is 0 Å². The molecule has 0 aliphatic carbocycles. The Morgan fingerprint density at radius 3 is 2.38 bits per heavy atom. The highest BCUT2D eigenvalue weighted by Gasteiger charge is 2.25. The minimum absolute atomic E-state index is 0.121. The first kappa shape index (κ1) is 19.2. The molecule has 0 aliphatic rings. The lowest BCUT2D eigenvalue weighted by atomic mass is 10.1. The van der Waals surface area contributed by atoms with Gasteiger partial charge in [0.1, 0.15) is 11.3 Å². The summed E-state index contributed by atoms with van der Waals surface area (Å²) < 4.78 is 26.0. The minimum atomic E-state index is -1.00. The van der Waals surface area contributed by atoms with Gasteiger partial charge in [-0.25, -0.2) is 4.79 Å². The average molecular weight is 363 g/mol. The Morgan fingerprint density at radius 1 is 1.08 bits per heavy atom. The van der Waals surface area contributed by atoms with Crippen molar-refractivity contribution in [2.75, 3.05) is 21.3 Å². The predicted octanol–water partition coefficient (Wildman–Crippen LogP) is 2.17. The maximum atomic E-state index is 12.4. The Morgan fingerprint density at radius 2 is 1.81 bits per heavy atom. The maximum Gasteiger partial charge on any atom is 0.342 e. The van der Waals surface area contributed by atoms with E-state index in [0.29, 0.717) is 11.5 Å². The molecule has 8 heteroatoms. The van der Waals surface area contributed by atoms with E-state index in [1.807, 2.05) is 0 Å². The van der Waals surface area contributed by atoms with Crippen molar-refractivity contribution in [2.45, 2.75) is 19.6 Å². The number of esters is 1. The van der Waals surface area contributed by atoms with Gasteiger partial charge in [0, 0.05) is 0 Å². The number of amides is 1. The molecule has 2 rings (SSSR count). The van der Waals surface area contributed by atoms with Gasteiger partial charge in [-0.15, -0.1) is 0 Å². The van der Waals surface area contributed by atoms with Crippen molar-refractivity contribution >= 4 is 11.9 Å². The van der Waals surface area contributed by atoms with Gasteiger partial charge in [0.15, 0.2) is 17.6 Å². The van der Waals surface area contributed by atoms with Crippen molar-refractivity contribution in [3.8, 4) is 17.2 Å². The topological polar surface area (TPSA) is 96.2 Å². The summed E-state index contributed by atoms with van der Waals surface area (Å²) in [7, 11) is 4.30. The van der Waals surface area contributed by atoms with Crippen molar-refractivity contribution in [3.05, 3.63) is 41.9 Å². The largest absolute Gasteiger partial charge is 0.493 e. The van der Waals surface area contributed by atoms with Gasteiger partial charge >= 0.3 is 5.97 Å². The lowest BCUT2D eigenvalue weighted by Crippen LogP contribution is -2.35. The van der Waals surface area contributed by atoms with Crippen LogP contribution in [0.15, 0.2) is 34.9 Å². The van der Waals surface area contributed by atoms with E-state index in [9.17, 15) is 9.59 Å². The molecule has 1 aromatic heterocycles. The monoisotopic (exact) mass is 363 g/mol. The summed E-state index contributed by atoms with van der Waals surface area (Å²) in [6.45, 7) is 1.68. The zero-order valence-electron chi connectivity index (χ0n) is 15.0. The number of carbonyl (C=O) groups excluding carboxylic acids is 2. The van der Waals surface area contributed by atoms with E-state index in [-0.39, 0.29) is 23.6 Å². The first-order valence-electron chi connectivity index (χ1n) is 7.81. The molecule has 1 heterocycles. The summed E-state index contributed by atoms with van der Waals surface area (Å²) in [5.74, 6) is 0.264. The smallest absolute Gasteiger partial charge is 0.342 e. The number of rotatable bonds is 8. The highest BCUT2D eigenvalue weighted by Crippen LogP contribution is 2.40. The summed E-state index contributed by atoms with van der Waals surface area (Å²) in [4.78, 5) is 24.5. The fourth-order valence-corrected chi connectivity index (χ4v) is 2.27. The van der Waals surface area contributed by atoms with Gasteiger partial charge in [0.25, 0.3) is 5.91 Å². The normalized spacial score (nSPS) is 11.4. The summed E-state index contributed by atoms with van der Waals surface area (Å²) in [5, 5.41) is 2.63. The molecule has 8 nitrogen and oxygen atoms in total. The number of hydrogen-bond acceptors (Lipinski definition) is 7. The Labute approximate surface area is 151 Å². The molecule has 0 spiro atoms. The molecule has 0 radical (unpaired) electrons. The summed E-state index contributed by atoms with van der Waals surface area (Å²) in [6.07, 6.45) is 0.504. The van der Waals surface area contributed by atoms with Crippen LogP contribution in [0, 0.1) is 0 Å². The van der Waals surface area contributed by atoms with Crippen molar-refractivity contribution in [1.29, 1.82) is 0 Å².